The summed E-state index contributed by atoms with van der Waals surface area (Å²) in [5, 5.41) is 5.19. The van der Waals surface area contributed by atoms with Crippen molar-refractivity contribution in [3.63, 3.8) is 0 Å². The number of rotatable bonds is 8. The van der Waals surface area contributed by atoms with Crippen LogP contribution in [-0.2, 0) is 9.59 Å². The standard InChI is InChI=1S/C14H24N4O2/c1-10(2)5-6-12(14(20)16-4)18-13(19)11(3)9-17-8-7-15/h7-10,12H,3,5-6,15H2,1-2,4H3,(H,16,20)(H,18,19)/b8-7-,17-9-/t12-/m0/s1. The van der Waals surface area contributed by atoms with Gasteiger partial charge in [-0.25, -0.2) is 0 Å². The molecule has 112 valence electrons. The Hall–Kier alpha value is -2.11. The first-order valence-corrected chi connectivity index (χ1v) is 6.53. The molecule has 0 aromatic rings. The van der Waals surface area contributed by atoms with Crippen LogP contribution in [0.1, 0.15) is 26.7 Å². The predicted octanol–water partition coefficient (Wildman–Crippen LogP) is 0.710. The highest BCUT2D eigenvalue weighted by molar-refractivity contribution is 6.12. The van der Waals surface area contributed by atoms with Crippen molar-refractivity contribution in [2.45, 2.75) is 32.7 Å². The van der Waals surface area contributed by atoms with Crippen LogP contribution in [0.4, 0.5) is 0 Å². The van der Waals surface area contributed by atoms with E-state index in [-0.39, 0.29) is 11.5 Å². The van der Waals surface area contributed by atoms with E-state index >= 15 is 0 Å². The van der Waals surface area contributed by atoms with E-state index in [0.717, 1.165) is 6.42 Å². The number of aliphatic imine (C=N–C) groups is 1. The minimum absolute atomic E-state index is 0.168. The summed E-state index contributed by atoms with van der Waals surface area (Å²) in [6.07, 6.45) is 5.30. The van der Waals surface area contributed by atoms with Gasteiger partial charge in [0.15, 0.2) is 0 Å². The van der Waals surface area contributed by atoms with Gasteiger partial charge in [-0.05, 0) is 18.8 Å². The molecule has 0 aromatic carbocycles. The Morgan fingerprint density at radius 2 is 2.00 bits per heavy atom. The van der Waals surface area contributed by atoms with Crippen LogP contribution in [0.25, 0.3) is 0 Å². The Morgan fingerprint density at radius 1 is 1.35 bits per heavy atom. The third-order valence-electron chi connectivity index (χ3n) is 2.60. The lowest BCUT2D eigenvalue weighted by atomic mass is 10.0. The molecular weight excluding hydrogens is 256 g/mol. The molecule has 20 heavy (non-hydrogen) atoms. The number of hydrogen-bond donors (Lipinski definition) is 3. The maximum Gasteiger partial charge on any atom is 0.252 e. The van der Waals surface area contributed by atoms with Crippen molar-refractivity contribution in [3.8, 4) is 0 Å². The van der Waals surface area contributed by atoms with Crippen LogP contribution in [0.3, 0.4) is 0 Å². The summed E-state index contributed by atoms with van der Waals surface area (Å²) in [5.41, 5.74) is 5.29. The molecule has 0 spiro atoms. The van der Waals surface area contributed by atoms with Crippen molar-refractivity contribution < 1.29 is 9.59 Å². The first-order valence-electron chi connectivity index (χ1n) is 6.53. The monoisotopic (exact) mass is 280 g/mol. The van der Waals surface area contributed by atoms with Crippen molar-refractivity contribution >= 4 is 18.0 Å². The lowest BCUT2D eigenvalue weighted by Gasteiger charge is -2.18. The highest BCUT2D eigenvalue weighted by Gasteiger charge is 2.20. The van der Waals surface area contributed by atoms with E-state index in [9.17, 15) is 9.59 Å². The number of nitrogens with zero attached hydrogens (tertiary/aromatic N) is 1. The first kappa shape index (κ1) is 17.9. The molecule has 4 N–H and O–H groups in total. The minimum atomic E-state index is -0.565. The molecule has 0 radical (unpaired) electrons. The normalized spacial score (nSPS) is 12.8. The molecule has 0 aromatic heterocycles. The topological polar surface area (TPSA) is 96.6 Å². The average Bonchev–Trinajstić information content (AvgIpc) is 2.42. The van der Waals surface area contributed by atoms with Crippen LogP contribution < -0.4 is 16.4 Å². The zero-order chi connectivity index (χ0) is 15.5. The molecule has 0 saturated carbocycles. The van der Waals surface area contributed by atoms with Crippen LogP contribution in [0.15, 0.2) is 29.5 Å². The minimum Gasteiger partial charge on any atom is -0.403 e. The van der Waals surface area contributed by atoms with Crippen molar-refractivity contribution in [2.75, 3.05) is 7.05 Å². The Bertz CT molecular complexity index is 400. The van der Waals surface area contributed by atoms with E-state index in [2.05, 4.69) is 36.1 Å². The molecule has 0 fully saturated rings. The van der Waals surface area contributed by atoms with E-state index in [4.69, 9.17) is 5.73 Å². The number of carbonyl (C=O) groups excluding carboxylic acids is 2. The van der Waals surface area contributed by atoms with Crippen LogP contribution in [0.2, 0.25) is 0 Å². The number of nitrogens with one attached hydrogen (secondary N) is 2. The van der Waals surface area contributed by atoms with Gasteiger partial charge in [0, 0.05) is 25.7 Å². The van der Waals surface area contributed by atoms with Gasteiger partial charge in [-0.15, -0.1) is 0 Å². The Morgan fingerprint density at radius 3 is 2.50 bits per heavy atom. The van der Waals surface area contributed by atoms with Crippen LogP contribution >= 0.6 is 0 Å². The van der Waals surface area contributed by atoms with E-state index in [0.29, 0.717) is 12.3 Å². The molecule has 0 aliphatic rings. The summed E-state index contributed by atoms with van der Waals surface area (Å²) in [7, 11) is 1.54. The van der Waals surface area contributed by atoms with Crippen LogP contribution in [-0.4, -0.2) is 31.1 Å². The SMILES string of the molecule is C=C(/C=N\C=C/N)C(=O)N[C@@H](CCC(C)C)C(=O)NC. The van der Waals surface area contributed by atoms with Gasteiger partial charge in [-0.2, -0.15) is 0 Å². The maximum atomic E-state index is 11.9. The smallest absolute Gasteiger partial charge is 0.252 e. The Kier molecular flexibility index (Phi) is 8.74. The lowest BCUT2D eigenvalue weighted by molar-refractivity contribution is -0.127. The molecule has 0 saturated heterocycles. The second-order valence-electron chi connectivity index (χ2n) is 4.76. The molecule has 0 aliphatic carbocycles. The lowest BCUT2D eigenvalue weighted by Crippen LogP contribution is -2.46. The number of carbonyl (C=O) groups is 2. The van der Waals surface area contributed by atoms with Crippen molar-refractivity contribution in [1.82, 2.24) is 10.6 Å². The highest BCUT2D eigenvalue weighted by Crippen LogP contribution is 2.07. The molecule has 6 heteroatoms. The first-order chi connectivity index (χ1) is 9.42. The Balaban J connectivity index is 4.59. The number of amides is 2. The predicted molar refractivity (Wildman–Crippen MR) is 81.0 cm³/mol. The molecule has 0 aliphatic heterocycles. The van der Waals surface area contributed by atoms with E-state index in [1.165, 1.54) is 18.6 Å². The third kappa shape index (κ3) is 7.35. The number of hydrogen-bond acceptors (Lipinski definition) is 4. The second kappa shape index (κ2) is 9.77. The zero-order valence-corrected chi connectivity index (χ0v) is 12.3. The van der Waals surface area contributed by atoms with Crippen molar-refractivity contribution in [3.05, 3.63) is 24.6 Å². The molecule has 0 rings (SSSR count). The quantitative estimate of drug-likeness (QED) is 0.451. The van der Waals surface area contributed by atoms with Gasteiger partial charge in [0.25, 0.3) is 5.91 Å². The van der Waals surface area contributed by atoms with E-state index in [1.807, 2.05) is 0 Å². The molecule has 1 atom stereocenters. The van der Waals surface area contributed by atoms with Crippen molar-refractivity contribution in [2.24, 2.45) is 16.6 Å². The van der Waals surface area contributed by atoms with Gasteiger partial charge in [0.05, 0.1) is 5.57 Å². The summed E-state index contributed by atoms with van der Waals surface area (Å²) in [6, 6.07) is -0.565. The number of nitrogens with two attached hydrogens (primary N) is 1. The summed E-state index contributed by atoms with van der Waals surface area (Å²) in [4.78, 5) is 27.4. The van der Waals surface area contributed by atoms with Gasteiger partial charge in [-0.1, -0.05) is 20.4 Å². The fourth-order valence-corrected chi connectivity index (χ4v) is 1.44. The van der Waals surface area contributed by atoms with Gasteiger partial charge < -0.3 is 16.4 Å². The van der Waals surface area contributed by atoms with E-state index < -0.39 is 11.9 Å². The molecule has 0 unspecified atom stereocenters. The molecule has 0 heterocycles. The fourth-order valence-electron chi connectivity index (χ4n) is 1.44. The average molecular weight is 280 g/mol. The molecular formula is C14H24N4O2. The second-order valence-corrected chi connectivity index (χ2v) is 4.76. The third-order valence-corrected chi connectivity index (χ3v) is 2.60. The molecule has 2 amide bonds. The summed E-state index contributed by atoms with van der Waals surface area (Å²) >= 11 is 0. The van der Waals surface area contributed by atoms with Crippen molar-refractivity contribution in [1.29, 1.82) is 0 Å². The fraction of sp³-hybridized carbons (Fsp3) is 0.500. The van der Waals surface area contributed by atoms with Gasteiger partial charge in [-0.3, -0.25) is 14.6 Å². The van der Waals surface area contributed by atoms with E-state index in [1.54, 1.807) is 7.05 Å². The summed E-state index contributed by atoms with van der Waals surface area (Å²) < 4.78 is 0. The maximum absolute atomic E-state index is 11.9. The zero-order valence-electron chi connectivity index (χ0n) is 12.3. The Labute approximate surface area is 120 Å². The van der Waals surface area contributed by atoms with Gasteiger partial charge >= 0.3 is 0 Å². The number of likely N-dealkylation sites (N-methyl/N-ethyl adjacent to an activating group) is 1. The highest BCUT2D eigenvalue weighted by atomic mass is 16.2. The van der Waals surface area contributed by atoms with Crippen LogP contribution in [0.5, 0.6) is 0 Å². The molecule has 6 nitrogen and oxygen atoms in total. The summed E-state index contributed by atoms with van der Waals surface area (Å²) in [5.74, 6) is -0.180. The summed E-state index contributed by atoms with van der Waals surface area (Å²) in [6.45, 7) is 7.72. The van der Waals surface area contributed by atoms with Gasteiger partial charge in [0.1, 0.15) is 6.04 Å². The van der Waals surface area contributed by atoms with Gasteiger partial charge in [0.2, 0.25) is 5.91 Å². The molecule has 0 bridgehead atoms. The van der Waals surface area contributed by atoms with Crippen LogP contribution in [0, 0.1) is 5.92 Å². The largest absolute Gasteiger partial charge is 0.403 e.